The first-order valence-electron chi connectivity index (χ1n) is 5.88. The van der Waals surface area contributed by atoms with Crippen LogP contribution in [0.1, 0.15) is 28.9 Å². The van der Waals surface area contributed by atoms with Gasteiger partial charge in [0.2, 0.25) is 0 Å². The van der Waals surface area contributed by atoms with Crippen molar-refractivity contribution in [3.8, 4) is 0 Å². The van der Waals surface area contributed by atoms with Gasteiger partial charge >= 0.3 is 0 Å². The predicted molar refractivity (Wildman–Crippen MR) is 68.3 cm³/mol. The van der Waals surface area contributed by atoms with Crippen molar-refractivity contribution in [2.45, 2.75) is 25.1 Å². The topological polar surface area (TPSA) is 33.2 Å². The van der Waals surface area contributed by atoms with Crippen molar-refractivity contribution in [3.63, 3.8) is 0 Å². The fourth-order valence-corrected chi connectivity index (χ4v) is 2.68. The Labute approximate surface area is 107 Å². The Morgan fingerprint density at radius 2 is 2.29 bits per heavy atom. The van der Waals surface area contributed by atoms with Crippen LogP contribution in [0.25, 0.3) is 0 Å². The Morgan fingerprint density at radius 3 is 2.88 bits per heavy atom. The van der Waals surface area contributed by atoms with Crippen LogP contribution in [0.15, 0.2) is 18.3 Å². The molecule has 1 aliphatic carbocycles. The lowest BCUT2D eigenvalue weighted by atomic mass is 9.84. The van der Waals surface area contributed by atoms with Crippen LogP contribution >= 0.6 is 11.6 Å². The second kappa shape index (κ2) is 5.05. The molecule has 3 nitrogen and oxygen atoms in total. The molecule has 17 heavy (non-hydrogen) atoms. The second-order valence-electron chi connectivity index (χ2n) is 4.81. The fraction of sp³-hybridized carbons (Fsp3) is 0.538. The summed E-state index contributed by atoms with van der Waals surface area (Å²) in [6.45, 7) is 2.68. The van der Waals surface area contributed by atoms with Gasteiger partial charge in [0.1, 0.15) is 0 Å². The highest BCUT2D eigenvalue weighted by Crippen LogP contribution is 2.32. The van der Waals surface area contributed by atoms with Crippen LogP contribution in [0, 0.1) is 12.8 Å². The summed E-state index contributed by atoms with van der Waals surface area (Å²) < 4.78 is 0. The van der Waals surface area contributed by atoms with Crippen LogP contribution in [0.3, 0.4) is 0 Å². The Balaban J connectivity index is 1.95. The van der Waals surface area contributed by atoms with Gasteiger partial charge in [0, 0.05) is 36.4 Å². The minimum Gasteiger partial charge on any atom is -0.341 e. The second-order valence-corrected chi connectivity index (χ2v) is 5.42. The third-order valence-electron chi connectivity index (χ3n) is 3.20. The van der Waals surface area contributed by atoms with Crippen molar-refractivity contribution in [2.75, 3.05) is 13.6 Å². The average Bonchev–Trinajstić information content (AvgIpc) is 2.26. The molecule has 4 heteroatoms. The Morgan fingerprint density at radius 1 is 1.59 bits per heavy atom. The van der Waals surface area contributed by atoms with Crippen LogP contribution in [-0.2, 0) is 0 Å². The van der Waals surface area contributed by atoms with Crippen molar-refractivity contribution in [2.24, 2.45) is 5.92 Å². The molecule has 0 atom stereocenters. The van der Waals surface area contributed by atoms with Gasteiger partial charge in [0.25, 0.3) is 5.91 Å². The van der Waals surface area contributed by atoms with Crippen LogP contribution in [-0.4, -0.2) is 34.8 Å². The highest BCUT2D eigenvalue weighted by atomic mass is 35.5. The fourth-order valence-electron chi connectivity index (χ4n) is 2.17. The minimum atomic E-state index is 0.0634. The number of hydrogen-bond donors (Lipinski definition) is 0. The molecule has 0 unspecified atom stereocenters. The molecule has 0 bridgehead atoms. The van der Waals surface area contributed by atoms with Gasteiger partial charge in [0.15, 0.2) is 0 Å². The minimum absolute atomic E-state index is 0.0634. The van der Waals surface area contributed by atoms with Crippen molar-refractivity contribution in [1.82, 2.24) is 9.88 Å². The van der Waals surface area contributed by atoms with Gasteiger partial charge in [-0.15, -0.1) is 11.6 Å². The molecule has 0 saturated heterocycles. The number of rotatable bonds is 3. The number of hydrogen-bond acceptors (Lipinski definition) is 2. The molecule has 0 radical (unpaired) electrons. The molecule has 1 heterocycles. The third kappa shape index (κ3) is 2.97. The lowest BCUT2D eigenvalue weighted by Crippen LogP contribution is -2.37. The SMILES string of the molecule is Cc1cc(C(=O)N(C)CC2CC(Cl)C2)ccn1. The summed E-state index contributed by atoms with van der Waals surface area (Å²) in [5.41, 5.74) is 1.58. The van der Waals surface area contributed by atoms with E-state index in [9.17, 15) is 4.79 Å². The van der Waals surface area contributed by atoms with Gasteiger partial charge in [-0.1, -0.05) is 0 Å². The molecule has 1 aromatic rings. The summed E-state index contributed by atoms with van der Waals surface area (Å²) in [5, 5.41) is 0.312. The summed E-state index contributed by atoms with van der Waals surface area (Å²) >= 11 is 5.93. The molecule has 0 N–H and O–H groups in total. The Bertz CT molecular complexity index is 416. The smallest absolute Gasteiger partial charge is 0.253 e. The lowest BCUT2D eigenvalue weighted by molar-refractivity contribution is 0.0746. The van der Waals surface area contributed by atoms with E-state index < -0.39 is 0 Å². The highest BCUT2D eigenvalue weighted by molar-refractivity contribution is 6.21. The number of carbonyl (C=O) groups is 1. The zero-order valence-electron chi connectivity index (χ0n) is 10.2. The van der Waals surface area contributed by atoms with Gasteiger partial charge in [0.05, 0.1) is 0 Å². The van der Waals surface area contributed by atoms with Crippen LogP contribution in [0.2, 0.25) is 0 Å². The van der Waals surface area contributed by atoms with E-state index >= 15 is 0 Å². The van der Waals surface area contributed by atoms with E-state index in [0.29, 0.717) is 16.9 Å². The molecule has 1 amide bonds. The summed E-state index contributed by atoms with van der Waals surface area (Å²) in [5.74, 6) is 0.628. The lowest BCUT2D eigenvalue weighted by Gasteiger charge is -2.34. The molecule has 1 aromatic heterocycles. The Hall–Kier alpha value is -1.09. The Kier molecular flexibility index (Phi) is 3.67. The van der Waals surface area contributed by atoms with E-state index in [1.165, 1.54) is 0 Å². The molecule has 1 saturated carbocycles. The number of halogens is 1. The maximum absolute atomic E-state index is 12.1. The van der Waals surface area contributed by atoms with Crippen LogP contribution in [0.5, 0.6) is 0 Å². The first kappa shape index (κ1) is 12.4. The van der Waals surface area contributed by atoms with Crippen molar-refractivity contribution in [1.29, 1.82) is 0 Å². The average molecular weight is 253 g/mol. The number of aromatic nitrogens is 1. The predicted octanol–water partition coefficient (Wildman–Crippen LogP) is 2.48. The number of carbonyl (C=O) groups excluding carboxylic acids is 1. The molecular formula is C13H17ClN2O. The van der Waals surface area contributed by atoms with Crippen molar-refractivity contribution < 1.29 is 4.79 Å². The monoisotopic (exact) mass is 252 g/mol. The first-order chi connectivity index (χ1) is 8.06. The van der Waals surface area contributed by atoms with Gasteiger partial charge < -0.3 is 4.90 Å². The molecular weight excluding hydrogens is 236 g/mol. The van der Waals surface area contributed by atoms with E-state index in [0.717, 1.165) is 25.1 Å². The number of alkyl halides is 1. The van der Waals surface area contributed by atoms with E-state index in [1.54, 1.807) is 17.2 Å². The molecule has 0 aromatic carbocycles. The highest BCUT2D eigenvalue weighted by Gasteiger charge is 2.29. The van der Waals surface area contributed by atoms with E-state index in [-0.39, 0.29) is 5.91 Å². The van der Waals surface area contributed by atoms with Crippen LogP contribution < -0.4 is 0 Å². The molecule has 2 rings (SSSR count). The molecule has 0 spiro atoms. The van der Waals surface area contributed by atoms with E-state index in [1.807, 2.05) is 20.0 Å². The summed E-state index contributed by atoms with van der Waals surface area (Å²) in [7, 11) is 1.85. The van der Waals surface area contributed by atoms with Gasteiger partial charge in [-0.05, 0) is 37.8 Å². The van der Waals surface area contributed by atoms with Crippen molar-refractivity contribution >= 4 is 17.5 Å². The van der Waals surface area contributed by atoms with Gasteiger partial charge in [-0.25, -0.2) is 0 Å². The normalized spacial score (nSPS) is 23.0. The first-order valence-corrected chi connectivity index (χ1v) is 6.32. The van der Waals surface area contributed by atoms with Crippen LogP contribution in [0.4, 0.5) is 0 Å². The summed E-state index contributed by atoms with van der Waals surface area (Å²) in [6, 6.07) is 3.58. The summed E-state index contributed by atoms with van der Waals surface area (Å²) in [6.07, 6.45) is 3.72. The molecule has 0 aliphatic heterocycles. The largest absolute Gasteiger partial charge is 0.341 e. The number of nitrogens with zero attached hydrogens (tertiary/aromatic N) is 2. The summed E-state index contributed by atoms with van der Waals surface area (Å²) in [4.78, 5) is 18.0. The molecule has 1 aliphatic rings. The quantitative estimate of drug-likeness (QED) is 0.775. The third-order valence-corrected chi connectivity index (χ3v) is 3.56. The number of amides is 1. The van der Waals surface area contributed by atoms with Gasteiger partial charge in [-0.2, -0.15) is 0 Å². The van der Waals surface area contributed by atoms with Crippen molar-refractivity contribution in [3.05, 3.63) is 29.6 Å². The van der Waals surface area contributed by atoms with E-state index in [4.69, 9.17) is 11.6 Å². The molecule has 92 valence electrons. The zero-order valence-corrected chi connectivity index (χ0v) is 10.9. The standard InChI is InChI=1S/C13H17ClN2O/c1-9-5-11(3-4-15-9)13(17)16(2)8-10-6-12(14)7-10/h3-5,10,12H,6-8H2,1-2H3. The number of pyridine rings is 1. The molecule has 1 fully saturated rings. The van der Waals surface area contributed by atoms with E-state index in [2.05, 4.69) is 4.98 Å². The maximum Gasteiger partial charge on any atom is 0.253 e. The maximum atomic E-state index is 12.1. The zero-order chi connectivity index (χ0) is 12.4. The van der Waals surface area contributed by atoms with Gasteiger partial charge in [-0.3, -0.25) is 9.78 Å². The number of aryl methyl sites for hydroxylation is 1.